The van der Waals surface area contributed by atoms with Crippen LogP contribution in [0.25, 0.3) is 11.1 Å². The van der Waals surface area contributed by atoms with Crippen LogP contribution in [-0.4, -0.2) is 16.9 Å². The monoisotopic (exact) mass is 352 g/mol. The molecule has 0 bridgehead atoms. The summed E-state index contributed by atoms with van der Waals surface area (Å²) in [5, 5.41) is 3.29. The van der Waals surface area contributed by atoms with Gasteiger partial charge in [-0.2, -0.15) is 0 Å². The fraction of sp³-hybridized carbons (Fsp3) is 0.188. The van der Waals surface area contributed by atoms with Gasteiger partial charge in [0.15, 0.2) is 0 Å². The zero-order valence-corrected chi connectivity index (χ0v) is 14.0. The molecule has 1 amide bonds. The van der Waals surface area contributed by atoms with Gasteiger partial charge in [0.1, 0.15) is 5.75 Å². The highest BCUT2D eigenvalue weighted by atomic mass is 35.5. The molecule has 0 unspecified atom stereocenters. The van der Waals surface area contributed by atoms with E-state index in [2.05, 4.69) is 10.3 Å². The standard InChI is InChI=1S/C16H14Cl2N2O3/c1-9(21)20-8-12-7-11(5-6-19-12)15-14(23-10(2)22)4-3-13(17)16(15)18/h3-7H,8H2,1-2H3,(H,20,21). The minimum atomic E-state index is -0.461. The molecule has 0 fully saturated rings. The largest absolute Gasteiger partial charge is 0.426 e. The van der Waals surface area contributed by atoms with Gasteiger partial charge < -0.3 is 10.1 Å². The molecule has 0 aliphatic rings. The summed E-state index contributed by atoms with van der Waals surface area (Å²) in [6.07, 6.45) is 1.58. The predicted molar refractivity (Wildman–Crippen MR) is 88.5 cm³/mol. The van der Waals surface area contributed by atoms with Gasteiger partial charge >= 0.3 is 5.97 Å². The van der Waals surface area contributed by atoms with Crippen LogP contribution >= 0.6 is 23.2 Å². The maximum atomic E-state index is 11.3. The molecule has 0 aliphatic carbocycles. The average Bonchev–Trinajstić information content (AvgIpc) is 2.49. The topological polar surface area (TPSA) is 68.3 Å². The predicted octanol–water partition coefficient (Wildman–Crippen LogP) is 3.62. The van der Waals surface area contributed by atoms with Crippen LogP contribution < -0.4 is 10.1 Å². The van der Waals surface area contributed by atoms with Crippen LogP contribution in [0.3, 0.4) is 0 Å². The maximum Gasteiger partial charge on any atom is 0.308 e. The molecular formula is C16H14Cl2N2O3. The molecule has 1 aromatic carbocycles. The van der Waals surface area contributed by atoms with Crippen molar-refractivity contribution >= 4 is 35.1 Å². The molecular weight excluding hydrogens is 339 g/mol. The normalized spacial score (nSPS) is 10.3. The summed E-state index contributed by atoms with van der Waals surface area (Å²) in [6.45, 7) is 3.02. The van der Waals surface area contributed by atoms with Gasteiger partial charge in [0.05, 0.1) is 22.3 Å². The van der Waals surface area contributed by atoms with Crippen LogP contribution in [-0.2, 0) is 16.1 Å². The average molecular weight is 353 g/mol. The SMILES string of the molecule is CC(=O)NCc1cc(-c2c(OC(C)=O)ccc(Cl)c2Cl)ccn1. The second-order valence-electron chi connectivity index (χ2n) is 4.77. The number of carbonyl (C=O) groups excluding carboxylic acids is 2. The van der Waals surface area contributed by atoms with Gasteiger partial charge in [-0.1, -0.05) is 23.2 Å². The third-order valence-corrected chi connectivity index (χ3v) is 3.74. The van der Waals surface area contributed by atoms with E-state index in [-0.39, 0.29) is 17.5 Å². The molecule has 1 N–H and O–H groups in total. The molecule has 5 nitrogen and oxygen atoms in total. The van der Waals surface area contributed by atoms with Crippen molar-refractivity contribution in [2.75, 3.05) is 0 Å². The number of ether oxygens (including phenoxy) is 1. The molecule has 0 spiro atoms. The molecule has 7 heteroatoms. The van der Waals surface area contributed by atoms with Crippen LogP contribution in [0, 0.1) is 0 Å². The number of carbonyl (C=O) groups is 2. The third-order valence-electron chi connectivity index (χ3n) is 2.93. The Morgan fingerprint density at radius 1 is 1.22 bits per heavy atom. The third kappa shape index (κ3) is 4.43. The minimum absolute atomic E-state index is 0.154. The van der Waals surface area contributed by atoms with E-state index in [1.165, 1.54) is 13.8 Å². The van der Waals surface area contributed by atoms with Gasteiger partial charge in [-0.05, 0) is 29.8 Å². The Balaban J connectivity index is 2.48. The number of pyridine rings is 1. The molecule has 1 heterocycles. The lowest BCUT2D eigenvalue weighted by Crippen LogP contribution is -2.19. The summed E-state index contributed by atoms with van der Waals surface area (Å²) in [7, 11) is 0. The Labute approximate surface area is 143 Å². The van der Waals surface area contributed by atoms with Crippen molar-refractivity contribution < 1.29 is 14.3 Å². The summed E-state index contributed by atoms with van der Waals surface area (Å²) < 4.78 is 5.20. The van der Waals surface area contributed by atoms with Crippen LogP contribution in [0.2, 0.25) is 10.0 Å². The Bertz CT molecular complexity index is 763. The number of halogens is 2. The maximum absolute atomic E-state index is 11.3. The van der Waals surface area contributed by atoms with Crippen molar-refractivity contribution in [2.24, 2.45) is 0 Å². The number of rotatable bonds is 4. The molecule has 2 rings (SSSR count). The van der Waals surface area contributed by atoms with Crippen molar-refractivity contribution in [3.05, 3.63) is 46.2 Å². The van der Waals surface area contributed by atoms with Crippen molar-refractivity contribution in [2.45, 2.75) is 20.4 Å². The highest BCUT2D eigenvalue weighted by molar-refractivity contribution is 6.44. The van der Waals surface area contributed by atoms with Crippen LogP contribution in [0.5, 0.6) is 5.75 Å². The van der Waals surface area contributed by atoms with Gasteiger partial charge in [-0.25, -0.2) is 0 Å². The zero-order valence-electron chi connectivity index (χ0n) is 12.5. The van der Waals surface area contributed by atoms with Crippen LogP contribution in [0.4, 0.5) is 0 Å². The van der Waals surface area contributed by atoms with Gasteiger partial charge in [0.25, 0.3) is 0 Å². The van der Waals surface area contributed by atoms with Gasteiger partial charge in [0, 0.05) is 25.6 Å². The van der Waals surface area contributed by atoms with Crippen LogP contribution in [0.1, 0.15) is 19.5 Å². The lowest BCUT2D eigenvalue weighted by Gasteiger charge is -2.13. The summed E-state index contributed by atoms with van der Waals surface area (Å²) >= 11 is 12.4. The first-order valence-electron chi connectivity index (χ1n) is 6.74. The van der Waals surface area contributed by atoms with Crippen LogP contribution in [0.15, 0.2) is 30.5 Å². The first-order valence-corrected chi connectivity index (χ1v) is 7.50. The summed E-state index contributed by atoms with van der Waals surface area (Å²) in [5.41, 5.74) is 1.83. The number of hydrogen-bond acceptors (Lipinski definition) is 4. The van der Waals surface area contributed by atoms with Gasteiger partial charge in [0.2, 0.25) is 5.91 Å². The highest BCUT2D eigenvalue weighted by Gasteiger charge is 2.16. The Morgan fingerprint density at radius 3 is 2.61 bits per heavy atom. The smallest absolute Gasteiger partial charge is 0.308 e. The first-order chi connectivity index (χ1) is 10.9. The number of nitrogens with zero attached hydrogens (tertiary/aromatic N) is 1. The second-order valence-corrected chi connectivity index (χ2v) is 5.56. The first kappa shape index (κ1) is 17.2. The van der Waals surface area contributed by atoms with E-state index in [1.807, 2.05) is 0 Å². The fourth-order valence-corrected chi connectivity index (χ4v) is 2.41. The second kappa shape index (κ2) is 7.44. The lowest BCUT2D eigenvalue weighted by molar-refractivity contribution is -0.131. The molecule has 2 aromatic rings. The quantitative estimate of drug-likeness (QED) is 0.673. The lowest BCUT2D eigenvalue weighted by atomic mass is 10.0. The van der Waals surface area contributed by atoms with Crippen molar-refractivity contribution in [3.63, 3.8) is 0 Å². The summed E-state index contributed by atoms with van der Waals surface area (Å²) in [5.74, 6) is -0.306. The molecule has 120 valence electrons. The van der Waals surface area contributed by atoms with E-state index in [9.17, 15) is 9.59 Å². The zero-order chi connectivity index (χ0) is 17.0. The Morgan fingerprint density at radius 2 is 1.96 bits per heavy atom. The molecule has 0 atom stereocenters. The van der Waals surface area contributed by atoms with Crippen molar-refractivity contribution in [1.29, 1.82) is 0 Å². The van der Waals surface area contributed by atoms with E-state index < -0.39 is 5.97 Å². The molecule has 1 aromatic heterocycles. The molecule has 0 aliphatic heterocycles. The molecule has 0 saturated heterocycles. The molecule has 0 radical (unpaired) electrons. The van der Waals surface area contributed by atoms with E-state index in [0.29, 0.717) is 27.6 Å². The van der Waals surface area contributed by atoms with Gasteiger partial charge in [-0.3, -0.25) is 14.6 Å². The summed E-state index contributed by atoms with van der Waals surface area (Å²) in [4.78, 5) is 26.5. The van der Waals surface area contributed by atoms with Crippen molar-refractivity contribution in [3.8, 4) is 16.9 Å². The number of amides is 1. The van der Waals surface area contributed by atoms with Gasteiger partial charge in [-0.15, -0.1) is 0 Å². The number of aromatic nitrogens is 1. The van der Waals surface area contributed by atoms with E-state index in [1.54, 1.807) is 30.5 Å². The summed E-state index contributed by atoms with van der Waals surface area (Å²) in [6, 6.07) is 6.62. The van der Waals surface area contributed by atoms with Crippen molar-refractivity contribution in [1.82, 2.24) is 10.3 Å². The number of nitrogens with one attached hydrogen (secondary N) is 1. The number of hydrogen-bond donors (Lipinski definition) is 1. The molecule has 23 heavy (non-hydrogen) atoms. The number of benzene rings is 1. The Kier molecular flexibility index (Phi) is 5.58. The van der Waals surface area contributed by atoms with E-state index in [4.69, 9.17) is 27.9 Å². The Hall–Kier alpha value is -2.11. The fourth-order valence-electron chi connectivity index (χ4n) is 1.99. The minimum Gasteiger partial charge on any atom is -0.426 e. The van der Waals surface area contributed by atoms with E-state index >= 15 is 0 Å². The highest BCUT2D eigenvalue weighted by Crippen LogP contribution is 2.40. The molecule has 0 saturated carbocycles. The van der Waals surface area contributed by atoms with E-state index in [0.717, 1.165) is 0 Å². The number of esters is 1.